The van der Waals surface area contributed by atoms with Gasteiger partial charge in [-0.15, -0.1) is 11.8 Å². The fourth-order valence-corrected chi connectivity index (χ4v) is 9.59. The van der Waals surface area contributed by atoms with Crippen LogP contribution >= 0.6 is 19.0 Å². The van der Waals surface area contributed by atoms with Gasteiger partial charge >= 0.3 is 0 Å². The van der Waals surface area contributed by atoms with Gasteiger partial charge in [-0.05, 0) is 49.6 Å². The molecule has 29 heavy (non-hydrogen) atoms. The third-order valence-corrected chi connectivity index (χ3v) is 10.8. The Labute approximate surface area is 188 Å². The van der Waals surface area contributed by atoms with Crippen LogP contribution in [0.5, 0.6) is 0 Å². The lowest BCUT2D eigenvalue weighted by Gasteiger charge is -2.32. The molecule has 0 saturated carbocycles. The zero-order valence-corrected chi connectivity index (χ0v) is 19.9. The van der Waals surface area contributed by atoms with Crippen molar-refractivity contribution in [2.75, 3.05) is 12.4 Å². The Morgan fingerprint density at radius 2 is 1.17 bits per heavy atom. The Bertz CT molecular complexity index is 896. The summed E-state index contributed by atoms with van der Waals surface area (Å²) in [5.41, 5.74) is 1.00. The molecule has 1 atom stereocenters. The van der Waals surface area contributed by atoms with Crippen molar-refractivity contribution in [1.82, 2.24) is 0 Å². The topological polar surface area (TPSA) is 24.7 Å². The first-order valence-corrected chi connectivity index (χ1v) is 12.6. The van der Waals surface area contributed by atoms with E-state index in [1.54, 1.807) is 11.8 Å². The highest BCUT2D eigenvalue weighted by Gasteiger charge is 2.52. The van der Waals surface area contributed by atoms with Crippen LogP contribution in [0, 0.1) is 0 Å². The maximum atomic E-state index is 4.98. The van der Waals surface area contributed by atoms with E-state index in [-0.39, 0.29) is 17.0 Å². The van der Waals surface area contributed by atoms with Crippen LogP contribution in [0.2, 0.25) is 0 Å². The van der Waals surface area contributed by atoms with Crippen LogP contribution < -0.4 is 32.9 Å². The van der Waals surface area contributed by atoms with E-state index in [1.165, 1.54) is 15.9 Å². The lowest BCUT2D eigenvalue weighted by atomic mass is 10.4. The minimum atomic E-state index is -1.95. The standard InChI is InChI=1S/C24H24N2PS.BrH/c1-20-18-25-24(26-20,28-2)19-27(21-12-6-3-7-13-21,22-14-8-4-9-15-22)23-16-10-5-11-17-23;/h3-18H,19H2,1-2H3;1H/q+1;/p-1. The van der Waals surface area contributed by atoms with Gasteiger partial charge in [0.25, 0.3) is 0 Å². The van der Waals surface area contributed by atoms with Crippen LogP contribution in [-0.4, -0.2) is 29.3 Å². The van der Waals surface area contributed by atoms with Crippen LogP contribution in [0.25, 0.3) is 0 Å². The monoisotopic (exact) mass is 482 g/mol. The molecule has 1 aliphatic rings. The molecule has 3 aromatic carbocycles. The summed E-state index contributed by atoms with van der Waals surface area (Å²) in [6, 6.07) is 32.8. The van der Waals surface area contributed by atoms with Crippen molar-refractivity contribution in [2.24, 2.45) is 9.98 Å². The molecule has 3 aromatic rings. The average molecular weight is 483 g/mol. The number of hydrogen-bond donors (Lipinski definition) is 0. The first-order chi connectivity index (χ1) is 13.7. The summed E-state index contributed by atoms with van der Waals surface area (Å²) >= 11 is 1.74. The zero-order valence-electron chi connectivity index (χ0n) is 16.6. The molecule has 148 valence electrons. The van der Waals surface area contributed by atoms with Crippen LogP contribution in [-0.2, 0) is 0 Å². The number of halogens is 1. The maximum Gasteiger partial charge on any atom is 0.232 e. The molecule has 0 radical (unpaired) electrons. The van der Waals surface area contributed by atoms with Gasteiger partial charge in [-0.3, -0.25) is 0 Å². The molecule has 1 aliphatic heterocycles. The van der Waals surface area contributed by atoms with Crippen molar-refractivity contribution in [1.29, 1.82) is 0 Å². The smallest absolute Gasteiger partial charge is 0.232 e. The fraction of sp³-hybridized carbons (Fsp3) is 0.167. The normalized spacial score (nSPS) is 18.2. The highest BCUT2D eigenvalue weighted by Crippen LogP contribution is 2.59. The van der Waals surface area contributed by atoms with E-state index in [0.29, 0.717) is 0 Å². The lowest BCUT2D eigenvalue weighted by Crippen LogP contribution is -3.00. The quantitative estimate of drug-likeness (QED) is 0.489. The molecule has 1 heterocycles. The van der Waals surface area contributed by atoms with E-state index >= 15 is 0 Å². The van der Waals surface area contributed by atoms with Crippen molar-refractivity contribution in [3.63, 3.8) is 0 Å². The molecule has 0 N–H and O–H groups in total. The fourth-order valence-electron chi connectivity index (χ4n) is 3.84. The Morgan fingerprint density at radius 3 is 1.48 bits per heavy atom. The highest BCUT2D eigenvalue weighted by atomic mass is 79.9. The summed E-state index contributed by atoms with van der Waals surface area (Å²) in [7, 11) is -1.95. The number of thioether (sulfide) groups is 1. The van der Waals surface area contributed by atoms with Gasteiger partial charge in [0.1, 0.15) is 29.3 Å². The average Bonchev–Trinajstić information content (AvgIpc) is 3.15. The van der Waals surface area contributed by atoms with Gasteiger partial charge in [-0.1, -0.05) is 54.6 Å². The zero-order chi connectivity index (χ0) is 19.5. The van der Waals surface area contributed by atoms with E-state index in [4.69, 9.17) is 9.98 Å². The molecular formula is C24H24BrN2PS. The third-order valence-electron chi connectivity index (χ3n) is 5.17. The van der Waals surface area contributed by atoms with Gasteiger partial charge in [0, 0.05) is 6.21 Å². The van der Waals surface area contributed by atoms with Crippen LogP contribution in [0.4, 0.5) is 0 Å². The number of benzene rings is 3. The number of aliphatic imine (C=N–C) groups is 2. The molecular weight excluding hydrogens is 459 g/mol. The summed E-state index contributed by atoms with van der Waals surface area (Å²) in [5.74, 6) is 0. The van der Waals surface area contributed by atoms with Crippen molar-refractivity contribution in [3.05, 3.63) is 91.0 Å². The van der Waals surface area contributed by atoms with Crippen LogP contribution in [0.3, 0.4) is 0 Å². The minimum Gasteiger partial charge on any atom is -1.00 e. The lowest BCUT2D eigenvalue weighted by molar-refractivity contribution is -0.00000567. The summed E-state index contributed by atoms with van der Waals surface area (Å²) in [5, 5.41) is 4.11. The summed E-state index contributed by atoms with van der Waals surface area (Å²) in [4.78, 5) is 9.40. The van der Waals surface area contributed by atoms with Crippen molar-refractivity contribution < 1.29 is 17.0 Å². The van der Waals surface area contributed by atoms with Gasteiger partial charge in [-0.2, -0.15) is 0 Å². The van der Waals surface area contributed by atoms with Gasteiger partial charge in [0.05, 0.1) is 5.71 Å². The van der Waals surface area contributed by atoms with Gasteiger partial charge in [0.15, 0.2) is 0 Å². The second-order valence-electron chi connectivity index (χ2n) is 6.93. The molecule has 2 nitrogen and oxygen atoms in total. The molecule has 0 aromatic heterocycles. The molecule has 0 spiro atoms. The molecule has 1 unspecified atom stereocenters. The summed E-state index contributed by atoms with van der Waals surface area (Å²) in [6.07, 6.45) is 4.91. The van der Waals surface area contributed by atoms with E-state index < -0.39 is 12.3 Å². The minimum absolute atomic E-state index is 0. The summed E-state index contributed by atoms with van der Waals surface area (Å²) < 4.78 is 0. The van der Waals surface area contributed by atoms with Crippen molar-refractivity contribution in [3.8, 4) is 0 Å². The predicted octanol–water partition coefficient (Wildman–Crippen LogP) is 1.55. The molecule has 0 saturated heterocycles. The Hall–Kier alpha value is -1.74. The number of rotatable bonds is 6. The number of nitrogens with zero attached hydrogens (tertiary/aromatic N) is 2. The third kappa shape index (κ3) is 4.26. The predicted molar refractivity (Wildman–Crippen MR) is 128 cm³/mol. The molecule has 0 fully saturated rings. The molecule has 0 amide bonds. The first kappa shape index (κ1) is 22.0. The second kappa shape index (κ2) is 9.38. The van der Waals surface area contributed by atoms with Gasteiger partial charge < -0.3 is 17.0 Å². The maximum absolute atomic E-state index is 4.98. The largest absolute Gasteiger partial charge is 1.00 e. The first-order valence-electron chi connectivity index (χ1n) is 9.40. The highest BCUT2D eigenvalue weighted by molar-refractivity contribution is 8.02. The molecule has 5 heteroatoms. The van der Waals surface area contributed by atoms with Crippen molar-refractivity contribution in [2.45, 2.75) is 11.9 Å². The van der Waals surface area contributed by atoms with Gasteiger partial charge in [0.2, 0.25) is 4.99 Å². The molecule has 0 bridgehead atoms. The summed E-state index contributed by atoms with van der Waals surface area (Å²) in [6.45, 7) is 2.04. The number of hydrogen-bond acceptors (Lipinski definition) is 3. The van der Waals surface area contributed by atoms with E-state index in [1.807, 2.05) is 13.1 Å². The van der Waals surface area contributed by atoms with E-state index in [0.717, 1.165) is 11.9 Å². The molecule has 4 rings (SSSR count). The van der Waals surface area contributed by atoms with Gasteiger partial charge in [-0.25, -0.2) is 9.98 Å². The van der Waals surface area contributed by atoms with Crippen molar-refractivity contribution >= 4 is 46.9 Å². The Morgan fingerprint density at radius 1 is 0.759 bits per heavy atom. The van der Waals surface area contributed by atoms with E-state index in [2.05, 4.69) is 97.3 Å². The van der Waals surface area contributed by atoms with Crippen LogP contribution in [0.1, 0.15) is 6.92 Å². The molecule has 0 aliphatic carbocycles. The SMILES string of the molecule is CSC1(C[P+](c2ccccc2)(c2ccccc2)c2ccccc2)N=CC(C)=N1.[Br-]. The Balaban J connectivity index is 0.00000240. The Kier molecular flexibility index (Phi) is 7.10. The van der Waals surface area contributed by atoms with Crippen LogP contribution in [0.15, 0.2) is 101 Å². The van der Waals surface area contributed by atoms with E-state index in [9.17, 15) is 0 Å². The second-order valence-corrected chi connectivity index (χ2v) is 11.5.